The van der Waals surface area contributed by atoms with Crippen LogP contribution in [0.15, 0.2) is 11.2 Å². The molecular weight excluding hydrogens is 435 g/mol. The second-order valence-corrected chi connectivity index (χ2v) is 7.30. The molecule has 0 spiro atoms. The molecule has 2 heterocycles. The molecule has 1 aliphatic rings. The van der Waals surface area contributed by atoms with Gasteiger partial charge in [0.25, 0.3) is 0 Å². The number of hydrogen-bond donors (Lipinski definition) is 2. The first-order valence-electron chi connectivity index (χ1n) is 8.39. The zero-order chi connectivity index (χ0) is 16.7. The van der Waals surface area contributed by atoms with E-state index in [1.54, 1.807) is 11.3 Å². The van der Waals surface area contributed by atoms with Gasteiger partial charge >= 0.3 is 0 Å². The average Bonchev–Trinajstić information content (AvgIpc) is 3.01. The maximum absolute atomic E-state index is 4.45. The van der Waals surface area contributed by atoms with E-state index in [0.29, 0.717) is 6.04 Å². The minimum atomic E-state index is 0. The van der Waals surface area contributed by atoms with Gasteiger partial charge in [-0.1, -0.05) is 6.92 Å². The molecule has 0 bridgehead atoms. The molecule has 1 atom stereocenters. The highest BCUT2D eigenvalue weighted by molar-refractivity contribution is 14.0. The van der Waals surface area contributed by atoms with Gasteiger partial charge in [-0.15, -0.1) is 35.3 Å². The van der Waals surface area contributed by atoms with E-state index in [2.05, 4.69) is 51.4 Å². The Morgan fingerprint density at radius 3 is 2.83 bits per heavy atom. The van der Waals surface area contributed by atoms with Crippen LogP contribution >= 0.6 is 35.3 Å². The Hall–Kier alpha value is -0.450. The molecule has 1 aromatic rings. The van der Waals surface area contributed by atoms with E-state index in [-0.39, 0.29) is 24.0 Å². The first-order valence-corrected chi connectivity index (χ1v) is 9.21. The number of hydrogen-bond acceptors (Lipinski definition) is 5. The predicted octanol–water partition coefficient (Wildman–Crippen LogP) is 1.28. The second-order valence-electron chi connectivity index (χ2n) is 6.10. The Bertz CT molecular complexity index is 507. The van der Waals surface area contributed by atoms with Crippen molar-refractivity contribution >= 4 is 41.3 Å². The van der Waals surface area contributed by atoms with Crippen molar-refractivity contribution in [3.8, 4) is 0 Å². The minimum absolute atomic E-state index is 0. The zero-order valence-electron chi connectivity index (χ0n) is 15.2. The van der Waals surface area contributed by atoms with Gasteiger partial charge in [0.2, 0.25) is 0 Å². The highest BCUT2D eigenvalue weighted by atomic mass is 127. The molecule has 1 aromatic heterocycles. The number of aryl methyl sites for hydroxylation is 1. The third-order valence-corrected chi connectivity index (χ3v) is 5.49. The molecule has 0 aliphatic carbocycles. The van der Waals surface area contributed by atoms with Gasteiger partial charge < -0.3 is 15.5 Å². The van der Waals surface area contributed by atoms with Crippen LogP contribution < -0.4 is 10.6 Å². The van der Waals surface area contributed by atoms with E-state index in [0.717, 1.165) is 51.5 Å². The van der Waals surface area contributed by atoms with Gasteiger partial charge in [0, 0.05) is 63.3 Å². The summed E-state index contributed by atoms with van der Waals surface area (Å²) in [6, 6.07) is 0.526. The van der Waals surface area contributed by atoms with Crippen LogP contribution in [-0.2, 0) is 12.8 Å². The summed E-state index contributed by atoms with van der Waals surface area (Å²) in [6.07, 6.45) is 4.00. The quantitative estimate of drug-likeness (QED) is 0.376. The Balaban J connectivity index is 0.00000288. The fraction of sp³-hybridized carbons (Fsp3) is 0.750. The lowest BCUT2D eigenvalue weighted by Crippen LogP contribution is -2.55. The fourth-order valence-electron chi connectivity index (χ4n) is 2.67. The summed E-state index contributed by atoms with van der Waals surface area (Å²) in [6.45, 7) is 7.31. The molecule has 2 N–H and O–H groups in total. The molecule has 138 valence electrons. The number of guanidine groups is 1. The number of rotatable bonds is 6. The van der Waals surface area contributed by atoms with Crippen LogP contribution in [-0.4, -0.2) is 80.7 Å². The van der Waals surface area contributed by atoms with Crippen LogP contribution in [0.1, 0.15) is 16.8 Å². The van der Waals surface area contributed by atoms with Crippen molar-refractivity contribution in [1.82, 2.24) is 25.4 Å². The van der Waals surface area contributed by atoms with E-state index >= 15 is 0 Å². The lowest BCUT2D eigenvalue weighted by Gasteiger charge is -2.37. The Kier molecular flexibility index (Phi) is 10.1. The third kappa shape index (κ3) is 6.81. The average molecular weight is 466 g/mol. The molecular formula is C16H31IN6S. The van der Waals surface area contributed by atoms with Gasteiger partial charge in [0.05, 0.1) is 5.01 Å². The Morgan fingerprint density at radius 1 is 1.38 bits per heavy atom. The standard InChI is InChI=1S/C16H30N6S.HI/c1-5-14-11-19-15(23-14)6-7-18-16(17-2)20-10-13-12-21(3)8-9-22(13)4;/h11,13H,5-10,12H2,1-4H3,(H2,17,18,20);1H. The van der Waals surface area contributed by atoms with Crippen LogP contribution in [0.25, 0.3) is 0 Å². The molecule has 8 heteroatoms. The molecule has 6 nitrogen and oxygen atoms in total. The highest BCUT2D eigenvalue weighted by Gasteiger charge is 2.21. The van der Waals surface area contributed by atoms with Crippen molar-refractivity contribution in [2.75, 3.05) is 53.9 Å². The molecule has 0 radical (unpaired) electrons. The van der Waals surface area contributed by atoms with Gasteiger partial charge in [0.15, 0.2) is 5.96 Å². The van der Waals surface area contributed by atoms with Crippen molar-refractivity contribution < 1.29 is 0 Å². The monoisotopic (exact) mass is 466 g/mol. The van der Waals surface area contributed by atoms with Gasteiger partial charge in [0.1, 0.15) is 0 Å². The summed E-state index contributed by atoms with van der Waals surface area (Å²) < 4.78 is 0. The second kappa shape index (κ2) is 11.2. The van der Waals surface area contributed by atoms with Crippen molar-refractivity contribution in [2.45, 2.75) is 25.8 Å². The van der Waals surface area contributed by atoms with Crippen LogP contribution in [0.5, 0.6) is 0 Å². The molecule has 1 fully saturated rings. The van der Waals surface area contributed by atoms with Gasteiger partial charge in [-0.25, -0.2) is 4.98 Å². The van der Waals surface area contributed by atoms with E-state index in [1.165, 1.54) is 9.88 Å². The number of aromatic nitrogens is 1. The highest BCUT2D eigenvalue weighted by Crippen LogP contribution is 2.13. The van der Waals surface area contributed by atoms with Gasteiger partial charge in [-0.05, 0) is 20.5 Å². The molecule has 1 unspecified atom stereocenters. The molecule has 1 aliphatic heterocycles. The number of piperazine rings is 1. The predicted molar refractivity (Wildman–Crippen MR) is 114 cm³/mol. The topological polar surface area (TPSA) is 55.8 Å². The Morgan fingerprint density at radius 2 is 2.17 bits per heavy atom. The summed E-state index contributed by atoms with van der Waals surface area (Å²) in [5.74, 6) is 0.874. The van der Waals surface area contributed by atoms with Crippen molar-refractivity contribution in [1.29, 1.82) is 0 Å². The number of halogens is 1. The van der Waals surface area contributed by atoms with Crippen LogP contribution in [0.4, 0.5) is 0 Å². The van der Waals surface area contributed by atoms with Crippen molar-refractivity contribution in [3.63, 3.8) is 0 Å². The molecule has 0 aromatic carbocycles. The van der Waals surface area contributed by atoms with E-state index in [9.17, 15) is 0 Å². The number of aliphatic imine (C=N–C) groups is 1. The van der Waals surface area contributed by atoms with E-state index < -0.39 is 0 Å². The molecule has 1 saturated heterocycles. The molecule has 24 heavy (non-hydrogen) atoms. The van der Waals surface area contributed by atoms with Gasteiger partial charge in [-0.3, -0.25) is 9.89 Å². The van der Waals surface area contributed by atoms with E-state index in [4.69, 9.17) is 0 Å². The lowest BCUT2D eigenvalue weighted by atomic mass is 10.2. The largest absolute Gasteiger partial charge is 0.356 e. The smallest absolute Gasteiger partial charge is 0.191 e. The van der Waals surface area contributed by atoms with Gasteiger partial charge in [-0.2, -0.15) is 0 Å². The number of nitrogens with one attached hydrogen (secondary N) is 2. The van der Waals surface area contributed by atoms with E-state index in [1.807, 2.05) is 13.2 Å². The molecule has 2 rings (SSSR count). The van der Waals surface area contributed by atoms with Crippen LogP contribution in [0, 0.1) is 0 Å². The number of nitrogens with zero attached hydrogens (tertiary/aromatic N) is 4. The summed E-state index contributed by atoms with van der Waals surface area (Å²) >= 11 is 1.81. The van der Waals surface area contributed by atoms with Crippen LogP contribution in [0.3, 0.4) is 0 Å². The summed E-state index contributed by atoms with van der Waals surface area (Å²) in [5, 5.41) is 8.02. The zero-order valence-corrected chi connectivity index (χ0v) is 18.4. The maximum atomic E-state index is 4.45. The first kappa shape index (κ1) is 21.6. The van der Waals surface area contributed by atoms with Crippen LogP contribution in [0.2, 0.25) is 0 Å². The number of likely N-dealkylation sites (N-methyl/N-ethyl adjacent to an activating group) is 2. The normalized spacial score (nSPS) is 19.8. The van der Waals surface area contributed by atoms with Crippen molar-refractivity contribution in [3.05, 3.63) is 16.1 Å². The summed E-state index contributed by atoms with van der Waals surface area (Å²) in [4.78, 5) is 14.9. The Labute approximate surface area is 167 Å². The third-order valence-electron chi connectivity index (χ3n) is 4.29. The summed E-state index contributed by atoms with van der Waals surface area (Å²) in [7, 11) is 6.21. The minimum Gasteiger partial charge on any atom is -0.356 e. The SMILES string of the molecule is CCc1cnc(CCNC(=NC)NCC2CN(C)CCN2C)s1.I. The lowest BCUT2D eigenvalue weighted by molar-refractivity contribution is 0.116. The molecule has 0 saturated carbocycles. The first-order chi connectivity index (χ1) is 11.1. The molecule has 0 amide bonds. The number of thiazole rings is 1. The summed E-state index contributed by atoms with van der Waals surface area (Å²) in [5.41, 5.74) is 0. The maximum Gasteiger partial charge on any atom is 0.191 e. The fourth-order valence-corrected chi connectivity index (χ4v) is 3.53. The van der Waals surface area contributed by atoms with Crippen molar-refractivity contribution in [2.24, 2.45) is 4.99 Å².